The number of hydrogen-bond acceptors (Lipinski definition) is 4. The number of nitrogens with zero attached hydrogens (tertiary/aromatic N) is 1. The number of nitrogens with one attached hydrogen (secondary N) is 1. The molecule has 176 valence electrons. The summed E-state index contributed by atoms with van der Waals surface area (Å²) in [5.74, 6) is 1.21. The molecule has 1 aliphatic heterocycles. The van der Waals surface area contributed by atoms with Crippen LogP contribution in [-0.2, 0) is 23.0 Å². The zero-order valence-corrected chi connectivity index (χ0v) is 20.6. The second-order valence-electron chi connectivity index (χ2n) is 9.18. The van der Waals surface area contributed by atoms with Crippen LogP contribution in [0.15, 0.2) is 24.3 Å². The highest BCUT2D eigenvalue weighted by Crippen LogP contribution is 2.49. The van der Waals surface area contributed by atoms with Crippen molar-refractivity contribution in [3.63, 3.8) is 0 Å². The molecule has 0 saturated carbocycles. The molecule has 6 heteroatoms. The van der Waals surface area contributed by atoms with Crippen molar-refractivity contribution < 1.29 is 14.3 Å². The van der Waals surface area contributed by atoms with Gasteiger partial charge in [-0.2, -0.15) is 0 Å². The number of piperidine rings is 1. The lowest BCUT2D eigenvalue weighted by Gasteiger charge is -2.51. The minimum atomic E-state index is -0.214. The summed E-state index contributed by atoms with van der Waals surface area (Å²) < 4.78 is 11.1. The van der Waals surface area contributed by atoms with Crippen LogP contribution in [0.1, 0.15) is 66.0 Å². The third-order valence-electron chi connectivity index (χ3n) is 7.57. The second kappa shape index (κ2) is 10.3. The largest absolute Gasteiger partial charge is 0.497 e. The zero-order valence-electron chi connectivity index (χ0n) is 19.8. The van der Waals surface area contributed by atoms with E-state index in [0.717, 1.165) is 63.1 Å². The summed E-state index contributed by atoms with van der Waals surface area (Å²) in [5.41, 5.74) is 5.68. The van der Waals surface area contributed by atoms with Gasteiger partial charge in [0, 0.05) is 17.7 Å². The quantitative estimate of drug-likeness (QED) is 0.462. The van der Waals surface area contributed by atoms with Crippen LogP contribution in [0.5, 0.6) is 5.75 Å². The number of unbranched alkanes of at least 4 members (excludes halogenated alkanes) is 1. The summed E-state index contributed by atoms with van der Waals surface area (Å²) in [6.45, 7) is 10.2. The van der Waals surface area contributed by atoms with Gasteiger partial charge >= 0.3 is 5.97 Å². The number of halogens is 1. The Balaban J connectivity index is 0.00000289. The smallest absolute Gasteiger partial charge is 0.355 e. The van der Waals surface area contributed by atoms with Gasteiger partial charge < -0.3 is 19.4 Å². The molecule has 5 nitrogen and oxygen atoms in total. The summed E-state index contributed by atoms with van der Waals surface area (Å²) in [5, 5.41) is 0. The van der Waals surface area contributed by atoms with Crippen molar-refractivity contribution in [2.45, 2.75) is 58.3 Å². The fraction of sp³-hybridized carbons (Fsp3) is 0.577. The Bertz CT molecular complexity index is 941. The maximum Gasteiger partial charge on any atom is 0.355 e. The predicted octanol–water partition coefficient (Wildman–Crippen LogP) is 5.09. The van der Waals surface area contributed by atoms with Crippen molar-refractivity contribution in [2.24, 2.45) is 5.92 Å². The van der Waals surface area contributed by atoms with Crippen LogP contribution >= 0.6 is 12.4 Å². The molecule has 1 saturated heterocycles. The Morgan fingerprint density at radius 2 is 2.12 bits per heavy atom. The zero-order chi connectivity index (χ0) is 22.0. The molecular weight excluding hydrogens is 424 g/mol. The van der Waals surface area contributed by atoms with Gasteiger partial charge in [0.2, 0.25) is 0 Å². The third kappa shape index (κ3) is 4.42. The number of ether oxygens (including phenoxy) is 2. The Hall–Kier alpha value is -1.98. The summed E-state index contributed by atoms with van der Waals surface area (Å²) in [7, 11) is 1.73. The van der Waals surface area contributed by atoms with Gasteiger partial charge in [-0.05, 0) is 80.4 Å². The maximum absolute atomic E-state index is 12.7. The number of aromatic nitrogens is 1. The molecule has 1 aromatic carbocycles. The molecule has 1 aliphatic carbocycles. The molecule has 0 amide bonds. The van der Waals surface area contributed by atoms with E-state index in [9.17, 15) is 4.79 Å². The first-order valence-corrected chi connectivity index (χ1v) is 11.8. The summed E-state index contributed by atoms with van der Waals surface area (Å²) in [6.07, 6.45) is 4.96. The van der Waals surface area contributed by atoms with Crippen LogP contribution < -0.4 is 4.74 Å². The number of fused-ring (bicyclic) bond motifs is 2. The molecule has 2 atom stereocenters. The van der Waals surface area contributed by atoms with Crippen LogP contribution in [0.2, 0.25) is 0 Å². The molecular formula is C26H37ClN2O3. The van der Waals surface area contributed by atoms with Crippen LogP contribution in [0, 0.1) is 12.8 Å². The number of benzene rings is 1. The lowest BCUT2D eigenvalue weighted by molar-refractivity contribution is 0.0492. The predicted molar refractivity (Wildman–Crippen MR) is 130 cm³/mol. The van der Waals surface area contributed by atoms with E-state index in [1.165, 1.54) is 16.8 Å². The molecule has 4 rings (SSSR count). The first-order chi connectivity index (χ1) is 15.0. The van der Waals surface area contributed by atoms with Crippen LogP contribution in [0.3, 0.4) is 0 Å². The minimum Gasteiger partial charge on any atom is -0.497 e. The Morgan fingerprint density at radius 1 is 1.31 bits per heavy atom. The highest BCUT2D eigenvalue weighted by Gasteiger charge is 2.48. The van der Waals surface area contributed by atoms with Gasteiger partial charge in [-0.25, -0.2) is 4.79 Å². The number of rotatable bonds is 7. The normalized spacial score (nSPS) is 22.4. The van der Waals surface area contributed by atoms with Crippen molar-refractivity contribution in [3.8, 4) is 5.75 Å². The molecule has 0 unspecified atom stereocenters. The van der Waals surface area contributed by atoms with Gasteiger partial charge in [-0.1, -0.05) is 32.4 Å². The molecule has 1 aromatic heterocycles. The summed E-state index contributed by atoms with van der Waals surface area (Å²) in [4.78, 5) is 18.8. The lowest BCUT2D eigenvalue weighted by atomic mass is 9.58. The van der Waals surface area contributed by atoms with Crippen molar-refractivity contribution >= 4 is 18.4 Å². The molecule has 0 radical (unpaired) electrons. The van der Waals surface area contributed by atoms with Crippen molar-refractivity contribution in [3.05, 3.63) is 52.3 Å². The Kier molecular flexibility index (Phi) is 7.94. The summed E-state index contributed by atoms with van der Waals surface area (Å²) >= 11 is 0. The van der Waals surface area contributed by atoms with Crippen LogP contribution in [0.4, 0.5) is 0 Å². The highest BCUT2D eigenvalue weighted by atomic mass is 35.5. The fourth-order valence-corrected chi connectivity index (χ4v) is 5.61. The van der Waals surface area contributed by atoms with E-state index in [1.54, 1.807) is 7.11 Å². The van der Waals surface area contributed by atoms with E-state index in [-0.39, 0.29) is 23.8 Å². The monoisotopic (exact) mass is 460 g/mol. The second-order valence-corrected chi connectivity index (χ2v) is 9.18. The number of H-pyrrole nitrogens is 1. The first-order valence-electron chi connectivity index (χ1n) is 11.8. The molecule has 2 aromatic rings. The number of esters is 1. The molecule has 32 heavy (non-hydrogen) atoms. The Labute approximate surface area is 198 Å². The van der Waals surface area contributed by atoms with Crippen molar-refractivity contribution in [1.82, 2.24) is 9.88 Å². The molecule has 0 bridgehead atoms. The average molecular weight is 461 g/mol. The van der Waals surface area contributed by atoms with Gasteiger partial charge in [0.15, 0.2) is 0 Å². The number of carbonyl (C=O) groups excluding carboxylic acids is 1. The van der Waals surface area contributed by atoms with Crippen LogP contribution in [-0.4, -0.2) is 49.2 Å². The van der Waals surface area contributed by atoms with Gasteiger partial charge in [0.25, 0.3) is 0 Å². The van der Waals surface area contributed by atoms with E-state index in [0.29, 0.717) is 18.2 Å². The highest BCUT2D eigenvalue weighted by molar-refractivity contribution is 5.90. The molecule has 1 fully saturated rings. The van der Waals surface area contributed by atoms with Gasteiger partial charge in [-0.15, -0.1) is 12.4 Å². The molecule has 2 heterocycles. The van der Waals surface area contributed by atoms with E-state index in [4.69, 9.17) is 9.47 Å². The standard InChI is InChI=1S/C26H36N2O3.ClH/c1-5-7-13-31-25(29)24-18(3)22-15-20-17-28(6-2)12-11-26(20,16-23(22)27-24)19-9-8-10-21(14-19)30-4;/h8-10,14,20,27H,5-7,11-13,15-17H2,1-4H3;1H/t20-,26+;/m1./s1. The number of carbonyl (C=O) groups is 1. The van der Waals surface area contributed by atoms with Gasteiger partial charge in [0.1, 0.15) is 11.4 Å². The maximum atomic E-state index is 12.7. The van der Waals surface area contributed by atoms with Crippen molar-refractivity contribution in [2.75, 3.05) is 33.4 Å². The molecule has 0 spiro atoms. The Morgan fingerprint density at radius 3 is 2.84 bits per heavy atom. The number of likely N-dealkylation sites (tertiary alicyclic amines) is 1. The summed E-state index contributed by atoms with van der Waals surface area (Å²) in [6, 6.07) is 8.61. The van der Waals surface area contributed by atoms with E-state index < -0.39 is 0 Å². The van der Waals surface area contributed by atoms with Gasteiger partial charge in [-0.3, -0.25) is 0 Å². The minimum absolute atomic E-state index is 0. The SMILES string of the molecule is CCCCOC(=O)c1[nH]c2c(c1C)C[C@@H]1CN(CC)CC[C@@]1(c1cccc(OC)c1)C2.Cl. The first kappa shape index (κ1) is 24.7. The number of hydrogen-bond donors (Lipinski definition) is 1. The number of methoxy groups -OCH3 is 1. The van der Waals surface area contributed by atoms with E-state index in [1.807, 2.05) is 6.07 Å². The van der Waals surface area contributed by atoms with E-state index in [2.05, 4.69) is 48.9 Å². The fourth-order valence-electron chi connectivity index (χ4n) is 5.61. The number of aromatic amines is 1. The molecule has 1 N–H and O–H groups in total. The van der Waals surface area contributed by atoms with E-state index >= 15 is 0 Å². The average Bonchev–Trinajstić information content (AvgIpc) is 3.12. The van der Waals surface area contributed by atoms with Crippen LogP contribution in [0.25, 0.3) is 0 Å². The van der Waals surface area contributed by atoms with Gasteiger partial charge in [0.05, 0.1) is 13.7 Å². The topological polar surface area (TPSA) is 54.6 Å². The molecule has 2 aliphatic rings. The third-order valence-corrected chi connectivity index (χ3v) is 7.57. The van der Waals surface area contributed by atoms with Crippen molar-refractivity contribution in [1.29, 1.82) is 0 Å². The lowest BCUT2D eigenvalue weighted by Crippen LogP contribution is -2.53.